The first-order valence-corrected chi connectivity index (χ1v) is 9.91. The van der Waals surface area contributed by atoms with Gasteiger partial charge in [0.2, 0.25) is 5.91 Å². The second-order valence-corrected chi connectivity index (χ2v) is 9.69. The third-order valence-electron chi connectivity index (χ3n) is 4.60. The SMILES string of the molecule is CC(C)(C)C1CS(=O)(=O)CCN1C(=O)Cc1cnn2ccccc12. The van der Waals surface area contributed by atoms with Gasteiger partial charge in [-0.15, -0.1) is 0 Å². The van der Waals surface area contributed by atoms with Crippen LogP contribution in [0.25, 0.3) is 5.52 Å². The molecule has 0 bridgehead atoms. The van der Waals surface area contributed by atoms with Crippen LogP contribution >= 0.6 is 0 Å². The van der Waals surface area contributed by atoms with Gasteiger partial charge >= 0.3 is 0 Å². The Hall–Kier alpha value is -1.89. The van der Waals surface area contributed by atoms with Crippen LogP contribution in [0.4, 0.5) is 0 Å². The summed E-state index contributed by atoms with van der Waals surface area (Å²) in [5, 5.41) is 4.26. The largest absolute Gasteiger partial charge is 0.337 e. The van der Waals surface area contributed by atoms with E-state index in [9.17, 15) is 13.2 Å². The van der Waals surface area contributed by atoms with Gasteiger partial charge in [0.05, 0.1) is 35.7 Å². The monoisotopic (exact) mass is 349 g/mol. The van der Waals surface area contributed by atoms with Gasteiger partial charge < -0.3 is 4.90 Å². The number of pyridine rings is 1. The molecular formula is C17H23N3O3S. The van der Waals surface area contributed by atoms with Crippen LogP contribution in [0, 0.1) is 5.41 Å². The highest BCUT2D eigenvalue weighted by atomic mass is 32.2. The van der Waals surface area contributed by atoms with E-state index >= 15 is 0 Å². The number of hydrogen-bond acceptors (Lipinski definition) is 4. The molecule has 0 aliphatic carbocycles. The zero-order chi connectivity index (χ0) is 17.5. The fourth-order valence-electron chi connectivity index (χ4n) is 3.21. The lowest BCUT2D eigenvalue weighted by atomic mass is 9.86. The molecule has 1 fully saturated rings. The van der Waals surface area contributed by atoms with Crippen molar-refractivity contribution in [3.63, 3.8) is 0 Å². The van der Waals surface area contributed by atoms with E-state index in [2.05, 4.69) is 5.10 Å². The molecule has 0 spiro atoms. The van der Waals surface area contributed by atoms with E-state index in [4.69, 9.17) is 0 Å². The second kappa shape index (κ2) is 5.88. The zero-order valence-electron chi connectivity index (χ0n) is 14.3. The van der Waals surface area contributed by atoms with Crippen LogP contribution in [0.1, 0.15) is 26.3 Å². The summed E-state index contributed by atoms with van der Waals surface area (Å²) in [6.45, 7) is 6.21. The van der Waals surface area contributed by atoms with Crippen molar-refractivity contribution in [2.75, 3.05) is 18.1 Å². The highest BCUT2D eigenvalue weighted by Crippen LogP contribution is 2.29. The molecule has 1 amide bonds. The maximum Gasteiger partial charge on any atom is 0.227 e. The third-order valence-corrected chi connectivity index (χ3v) is 6.23. The molecule has 6 nitrogen and oxygen atoms in total. The number of amides is 1. The fourth-order valence-corrected chi connectivity index (χ4v) is 5.01. The van der Waals surface area contributed by atoms with E-state index in [0.29, 0.717) is 0 Å². The van der Waals surface area contributed by atoms with Crippen molar-refractivity contribution >= 4 is 21.3 Å². The molecule has 0 saturated carbocycles. The van der Waals surface area contributed by atoms with Gasteiger partial charge in [0.1, 0.15) is 0 Å². The molecule has 2 aromatic heterocycles. The number of rotatable bonds is 2. The Morgan fingerprint density at radius 1 is 1.33 bits per heavy atom. The lowest BCUT2D eigenvalue weighted by Gasteiger charge is -2.43. The number of fused-ring (bicyclic) bond motifs is 1. The summed E-state index contributed by atoms with van der Waals surface area (Å²) < 4.78 is 25.8. The molecule has 0 radical (unpaired) electrons. The van der Waals surface area contributed by atoms with Gasteiger partial charge in [-0.2, -0.15) is 5.10 Å². The van der Waals surface area contributed by atoms with Crippen molar-refractivity contribution in [1.82, 2.24) is 14.5 Å². The molecule has 2 aromatic rings. The molecule has 1 aliphatic heterocycles. The van der Waals surface area contributed by atoms with Crippen molar-refractivity contribution in [3.05, 3.63) is 36.2 Å². The summed E-state index contributed by atoms with van der Waals surface area (Å²) in [5.41, 5.74) is 1.48. The summed E-state index contributed by atoms with van der Waals surface area (Å²) in [4.78, 5) is 14.6. The van der Waals surface area contributed by atoms with E-state index in [1.165, 1.54) is 0 Å². The summed E-state index contributed by atoms with van der Waals surface area (Å²) in [5.74, 6) is 0.0421. The predicted octanol–water partition coefficient (Wildman–Crippen LogP) is 1.55. The van der Waals surface area contributed by atoms with Crippen LogP contribution in [0.5, 0.6) is 0 Å². The minimum absolute atomic E-state index is 0.0384. The highest BCUT2D eigenvalue weighted by Gasteiger charge is 2.40. The van der Waals surface area contributed by atoms with Gasteiger partial charge in [0, 0.05) is 18.3 Å². The number of sulfone groups is 1. The van der Waals surface area contributed by atoms with E-state index < -0.39 is 9.84 Å². The normalized spacial score (nSPS) is 21.1. The van der Waals surface area contributed by atoms with Crippen molar-refractivity contribution in [3.8, 4) is 0 Å². The van der Waals surface area contributed by atoms with Gasteiger partial charge in [-0.25, -0.2) is 12.9 Å². The molecule has 0 N–H and O–H groups in total. The first kappa shape index (κ1) is 17.0. The van der Waals surface area contributed by atoms with E-state index in [1.54, 1.807) is 15.6 Å². The van der Waals surface area contributed by atoms with Crippen molar-refractivity contribution in [2.45, 2.75) is 33.2 Å². The Morgan fingerprint density at radius 2 is 2.08 bits per heavy atom. The lowest BCUT2D eigenvalue weighted by molar-refractivity contribution is -0.134. The van der Waals surface area contributed by atoms with Gasteiger partial charge in [-0.3, -0.25) is 4.79 Å². The molecule has 24 heavy (non-hydrogen) atoms. The molecular weight excluding hydrogens is 326 g/mol. The Morgan fingerprint density at radius 3 is 2.79 bits per heavy atom. The van der Waals surface area contributed by atoms with Crippen LogP contribution < -0.4 is 0 Å². The van der Waals surface area contributed by atoms with E-state index in [0.717, 1.165) is 11.1 Å². The van der Waals surface area contributed by atoms with Crippen LogP contribution in [-0.2, 0) is 21.1 Å². The molecule has 1 aliphatic rings. The molecule has 3 heterocycles. The van der Waals surface area contributed by atoms with E-state index in [-0.39, 0.29) is 41.8 Å². The standard InChI is InChI=1S/C17H23N3O3S/c1-17(2,3)15-12-24(22,23)9-8-19(15)16(21)10-13-11-18-20-7-5-4-6-14(13)20/h4-7,11,15H,8-10,12H2,1-3H3. The number of carbonyl (C=O) groups excluding carboxylic acids is 1. The highest BCUT2D eigenvalue weighted by molar-refractivity contribution is 7.91. The number of aromatic nitrogens is 2. The predicted molar refractivity (Wildman–Crippen MR) is 92.5 cm³/mol. The summed E-state index contributed by atoms with van der Waals surface area (Å²) >= 11 is 0. The average Bonchev–Trinajstić information content (AvgIpc) is 2.89. The Bertz CT molecular complexity index is 865. The van der Waals surface area contributed by atoms with Crippen molar-refractivity contribution in [2.24, 2.45) is 5.41 Å². The zero-order valence-corrected chi connectivity index (χ0v) is 15.1. The Labute approximate surface area is 142 Å². The topological polar surface area (TPSA) is 71.8 Å². The van der Waals surface area contributed by atoms with Crippen molar-refractivity contribution < 1.29 is 13.2 Å². The lowest BCUT2D eigenvalue weighted by Crippen LogP contribution is -2.56. The van der Waals surface area contributed by atoms with Crippen molar-refractivity contribution in [1.29, 1.82) is 0 Å². The van der Waals surface area contributed by atoms with Gasteiger partial charge in [-0.05, 0) is 17.5 Å². The molecule has 3 rings (SSSR count). The number of nitrogens with zero attached hydrogens (tertiary/aromatic N) is 3. The second-order valence-electron chi connectivity index (χ2n) is 7.46. The molecule has 7 heteroatoms. The number of hydrogen-bond donors (Lipinski definition) is 0. The maximum atomic E-state index is 12.9. The summed E-state index contributed by atoms with van der Waals surface area (Å²) in [7, 11) is -3.09. The van der Waals surface area contributed by atoms with Crippen LogP contribution in [0.3, 0.4) is 0 Å². The minimum atomic E-state index is -3.09. The first-order chi connectivity index (χ1) is 11.2. The summed E-state index contributed by atoms with van der Waals surface area (Å²) in [6, 6.07) is 5.43. The quantitative estimate of drug-likeness (QED) is 0.825. The third kappa shape index (κ3) is 3.31. The van der Waals surface area contributed by atoms with Crippen LogP contribution in [0.2, 0.25) is 0 Å². The van der Waals surface area contributed by atoms with E-state index in [1.807, 2.05) is 45.2 Å². The molecule has 130 valence electrons. The fraction of sp³-hybridized carbons (Fsp3) is 0.529. The molecule has 1 atom stereocenters. The number of carbonyl (C=O) groups is 1. The van der Waals surface area contributed by atoms with Gasteiger partial charge in [0.15, 0.2) is 9.84 Å². The van der Waals surface area contributed by atoms with Gasteiger partial charge in [-0.1, -0.05) is 26.8 Å². The van der Waals surface area contributed by atoms with Gasteiger partial charge in [0.25, 0.3) is 0 Å². The summed E-state index contributed by atoms with van der Waals surface area (Å²) in [6.07, 6.45) is 3.79. The first-order valence-electron chi connectivity index (χ1n) is 8.08. The Kier molecular flexibility index (Phi) is 4.15. The minimum Gasteiger partial charge on any atom is -0.337 e. The van der Waals surface area contributed by atoms with Crippen LogP contribution in [0.15, 0.2) is 30.6 Å². The molecule has 0 aromatic carbocycles. The smallest absolute Gasteiger partial charge is 0.227 e. The average molecular weight is 349 g/mol. The molecule has 1 unspecified atom stereocenters. The van der Waals surface area contributed by atoms with Crippen LogP contribution in [-0.4, -0.2) is 52.9 Å². The Balaban J connectivity index is 1.85. The maximum absolute atomic E-state index is 12.9. The molecule has 1 saturated heterocycles.